The molecule has 0 aromatic heterocycles. The summed E-state index contributed by atoms with van der Waals surface area (Å²) in [5, 5.41) is 9.03. The molecule has 0 radical (unpaired) electrons. The summed E-state index contributed by atoms with van der Waals surface area (Å²) in [4.78, 5) is 11.4. The van der Waals surface area contributed by atoms with Crippen molar-refractivity contribution >= 4 is 28.4 Å². The number of hydrogen-bond acceptors (Lipinski definition) is 2. The Labute approximate surface area is 91.1 Å². The van der Waals surface area contributed by atoms with Gasteiger partial charge in [0.1, 0.15) is 0 Å². The molecule has 70 valence electrons. The summed E-state index contributed by atoms with van der Waals surface area (Å²) in [7, 11) is 0. The first-order chi connectivity index (χ1) is 6.19. The van der Waals surface area contributed by atoms with Crippen molar-refractivity contribution in [2.45, 2.75) is 20.0 Å². The smallest absolute Gasteiger partial charge is 0.162 e. The lowest BCUT2D eigenvalue weighted by atomic mass is 10.0. The summed E-state index contributed by atoms with van der Waals surface area (Å²) in [5.74, 6) is 0.0838. The molecular weight excluding hydrogens is 279 g/mol. The zero-order valence-electron chi connectivity index (χ0n) is 7.38. The second kappa shape index (κ2) is 4.72. The number of aliphatic hydroxyl groups excluding tert-OH is 1. The zero-order chi connectivity index (χ0) is 9.84. The minimum atomic E-state index is -0.0715. The number of Topliss-reactive ketones (excluding diaryl/α,β-unsaturated/α-hetero) is 1. The van der Waals surface area contributed by atoms with Gasteiger partial charge in [0.05, 0.1) is 6.61 Å². The molecular formula is C10H11IO2. The quantitative estimate of drug-likeness (QED) is 0.685. The second-order valence-electron chi connectivity index (χ2n) is 2.74. The van der Waals surface area contributed by atoms with E-state index in [-0.39, 0.29) is 12.4 Å². The molecule has 1 aromatic rings. The zero-order valence-corrected chi connectivity index (χ0v) is 9.54. The van der Waals surface area contributed by atoms with Crippen LogP contribution in [0.5, 0.6) is 0 Å². The third-order valence-corrected chi connectivity index (χ3v) is 2.53. The Morgan fingerprint density at radius 1 is 1.54 bits per heavy atom. The van der Waals surface area contributed by atoms with Gasteiger partial charge >= 0.3 is 0 Å². The summed E-state index contributed by atoms with van der Waals surface area (Å²) < 4.78 is 1.04. The number of aliphatic hydroxyl groups is 1. The molecule has 1 N–H and O–H groups in total. The largest absolute Gasteiger partial charge is 0.392 e. The molecule has 0 aliphatic carbocycles. The Hall–Kier alpha value is -0.420. The van der Waals surface area contributed by atoms with Gasteiger partial charge in [0.15, 0.2) is 5.78 Å². The van der Waals surface area contributed by atoms with E-state index >= 15 is 0 Å². The van der Waals surface area contributed by atoms with Gasteiger partial charge in [0.2, 0.25) is 0 Å². The van der Waals surface area contributed by atoms with Gasteiger partial charge in [-0.15, -0.1) is 0 Å². The van der Waals surface area contributed by atoms with Gasteiger partial charge in [-0.1, -0.05) is 6.92 Å². The number of hydrogen-bond donors (Lipinski definition) is 1. The number of rotatable bonds is 3. The van der Waals surface area contributed by atoms with Crippen LogP contribution >= 0.6 is 22.6 Å². The van der Waals surface area contributed by atoms with Crippen LogP contribution in [0.2, 0.25) is 0 Å². The fourth-order valence-corrected chi connectivity index (χ4v) is 1.71. The van der Waals surface area contributed by atoms with Gasteiger partial charge in [0.25, 0.3) is 0 Å². The summed E-state index contributed by atoms with van der Waals surface area (Å²) >= 11 is 2.16. The van der Waals surface area contributed by atoms with Crippen molar-refractivity contribution in [3.05, 3.63) is 32.9 Å². The van der Waals surface area contributed by atoms with Crippen molar-refractivity contribution < 1.29 is 9.90 Å². The van der Waals surface area contributed by atoms with Crippen molar-refractivity contribution in [3.8, 4) is 0 Å². The molecule has 1 aromatic carbocycles. The maximum atomic E-state index is 11.4. The number of benzene rings is 1. The van der Waals surface area contributed by atoms with E-state index in [4.69, 9.17) is 5.11 Å². The van der Waals surface area contributed by atoms with Crippen molar-refractivity contribution in [1.82, 2.24) is 0 Å². The molecule has 3 heteroatoms. The Balaban J connectivity index is 3.13. The molecule has 0 saturated heterocycles. The first-order valence-electron chi connectivity index (χ1n) is 4.11. The Morgan fingerprint density at radius 3 is 2.77 bits per heavy atom. The van der Waals surface area contributed by atoms with Crippen LogP contribution in [-0.4, -0.2) is 10.9 Å². The molecule has 0 heterocycles. The van der Waals surface area contributed by atoms with Crippen molar-refractivity contribution in [2.75, 3.05) is 0 Å². The Morgan fingerprint density at radius 2 is 2.23 bits per heavy atom. The van der Waals surface area contributed by atoms with Crippen molar-refractivity contribution in [3.63, 3.8) is 0 Å². The second-order valence-corrected chi connectivity index (χ2v) is 3.98. The molecule has 0 amide bonds. The fraction of sp³-hybridized carbons (Fsp3) is 0.300. The number of halogens is 1. The molecule has 0 aliphatic rings. The third-order valence-electron chi connectivity index (χ3n) is 1.86. The van der Waals surface area contributed by atoms with Gasteiger partial charge < -0.3 is 5.11 Å². The van der Waals surface area contributed by atoms with Crippen LogP contribution in [0, 0.1) is 3.57 Å². The van der Waals surface area contributed by atoms with Gasteiger partial charge in [-0.3, -0.25) is 4.79 Å². The highest BCUT2D eigenvalue weighted by Crippen LogP contribution is 2.15. The van der Waals surface area contributed by atoms with Gasteiger partial charge in [-0.25, -0.2) is 0 Å². The van der Waals surface area contributed by atoms with E-state index in [9.17, 15) is 4.79 Å². The number of ketones is 1. The van der Waals surface area contributed by atoms with Gasteiger partial charge in [-0.05, 0) is 46.4 Å². The molecule has 0 unspecified atom stereocenters. The van der Waals surface area contributed by atoms with Crippen LogP contribution in [-0.2, 0) is 6.61 Å². The highest BCUT2D eigenvalue weighted by atomic mass is 127. The van der Waals surface area contributed by atoms with Gasteiger partial charge in [0, 0.05) is 15.6 Å². The van der Waals surface area contributed by atoms with Crippen molar-refractivity contribution in [1.29, 1.82) is 0 Å². The Bertz CT molecular complexity index is 321. The molecule has 2 nitrogen and oxygen atoms in total. The summed E-state index contributed by atoms with van der Waals surface area (Å²) in [6.45, 7) is 1.75. The predicted molar refractivity (Wildman–Crippen MR) is 59.7 cm³/mol. The van der Waals surface area contributed by atoms with E-state index < -0.39 is 0 Å². The SMILES string of the molecule is CCC(=O)c1ccc(I)cc1CO. The van der Waals surface area contributed by atoms with E-state index in [1.807, 2.05) is 19.1 Å². The molecule has 0 saturated carbocycles. The average molecular weight is 290 g/mol. The van der Waals surface area contributed by atoms with E-state index in [1.165, 1.54) is 0 Å². The highest BCUT2D eigenvalue weighted by molar-refractivity contribution is 14.1. The lowest BCUT2D eigenvalue weighted by Gasteiger charge is -2.05. The summed E-state index contributed by atoms with van der Waals surface area (Å²) in [5.41, 5.74) is 1.36. The Kier molecular flexibility index (Phi) is 3.87. The van der Waals surface area contributed by atoms with Crippen molar-refractivity contribution in [2.24, 2.45) is 0 Å². The highest BCUT2D eigenvalue weighted by Gasteiger charge is 2.08. The summed E-state index contributed by atoms with van der Waals surface area (Å²) in [6, 6.07) is 5.49. The first kappa shape index (κ1) is 10.7. The molecule has 0 bridgehead atoms. The van der Waals surface area contributed by atoms with Gasteiger partial charge in [-0.2, -0.15) is 0 Å². The topological polar surface area (TPSA) is 37.3 Å². The molecule has 0 spiro atoms. The normalized spacial score (nSPS) is 10.1. The molecule has 13 heavy (non-hydrogen) atoms. The number of carbonyl (C=O) groups excluding carboxylic acids is 1. The lowest BCUT2D eigenvalue weighted by molar-refractivity contribution is 0.0985. The van der Waals surface area contributed by atoms with E-state index in [2.05, 4.69) is 22.6 Å². The average Bonchev–Trinajstić information content (AvgIpc) is 2.16. The summed E-state index contributed by atoms with van der Waals surface area (Å²) in [6.07, 6.45) is 0.480. The first-order valence-corrected chi connectivity index (χ1v) is 5.19. The minimum absolute atomic E-state index is 0.0715. The van der Waals surface area contributed by atoms with Crippen LogP contribution in [0.1, 0.15) is 29.3 Å². The third kappa shape index (κ3) is 2.51. The van der Waals surface area contributed by atoms with Crippen LogP contribution in [0.3, 0.4) is 0 Å². The minimum Gasteiger partial charge on any atom is -0.392 e. The van der Waals surface area contributed by atoms with Crippen LogP contribution in [0.4, 0.5) is 0 Å². The van der Waals surface area contributed by atoms with E-state index in [0.29, 0.717) is 12.0 Å². The predicted octanol–water partition coefficient (Wildman–Crippen LogP) is 2.38. The van der Waals surface area contributed by atoms with E-state index in [1.54, 1.807) is 6.07 Å². The lowest BCUT2D eigenvalue weighted by Crippen LogP contribution is -2.02. The van der Waals surface area contributed by atoms with E-state index in [0.717, 1.165) is 9.13 Å². The molecule has 1 rings (SSSR count). The maximum Gasteiger partial charge on any atom is 0.162 e. The van der Waals surface area contributed by atoms with Crippen LogP contribution in [0.15, 0.2) is 18.2 Å². The maximum absolute atomic E-state index is 11.4. The molecule has 0 fully saturated rings. The monoisotopic (exact) mass is 290 g/mol. The van der Waals surface area contributed by atoms with Crippen LogP contribution in [0.25, 0.3) is 0 Å². The molecule has 0 atom stereocenters. The fourth-order valence-electron chi connectivity index (χ4n) is 1.16. The molecule has 0 aliphatic heterocycles. The van der Waals surface area contributed by atoms with Crippen LogP contribution < -0.4 is 0 Å². The standard InChI is InChI=1S/C10H11IO2/c1-2-10(13)9-4-3-8(11)5-7(9)6-12/h3-5,12H,2,6H2,1H3. The number of carbonyl (C=O) groups is 1.